The van der Waals surface area contributed by atoms with Crippen LogP contribution in [0.1, 0.15) is 37.7 Å². The van der Waals surface area contributed by atoms with Gasteiger partial charge in [0, 0.05) is 5.69 Å². The van der Waals surface area contributed by atoms with E-state index < -0.39 is 0 Å². The molecule has 1 aromatic rings. The molecule has 4 nitrogen and oxygen atoms in total. The average molecular weight is 321 g/mol. The Hall–Kier alpha value is -1.49. The van der Waals surface area contributed by atoms with E-state index in [1.807, 2.05) is 31.2 Å². The zero-order valence-corrected chi connectivity index (χ0v) is 13.8. The summed E-state index contributed by atoms with van der Waals surface area (Å²) >= 11 is 1.29. The van der Waals surface area contributed by atoms with Crippen molar-refractivity contribution in [3.8, 4) is 0 Å². The Morgan fingerprint density at radius 1 is 1.14 bits per heavy atom. The minimum atomic E-state index is -0.208. The fourth-order valence-electron chi connectivity index (χ4n) is 2.46. The van der Waals surface area contributed by atoms with Gasteiger partial charge in [-0.1, -0.05) is 24.1 Å². The Morgan fingerprint density at radius 3 is 2.50 bits per heavy atom. The molecule has 0 atom stereocenters. The maximum absolute atomic E-state index is 11.8. The van der Waals surface area contributed by atoms with Crippen molar-refractivity contribution >= 4 is 29.3 Å². The van der Waals surface area contributed by atoms with Crippen LogP contribution in [0, 0.1) is 6.92 Å². The smallest absolute Gasteiger partial charge is 0.316 e. The maximum atomic E-state index is 11.8. The summed E-state index contributed by atoms with van der Waals surface area (Å²) in [6, 6.07) is 7.64. The van der Waals surface area contributed by atoms with Crippen LogP contribution in [-0.2, 0) is 14.3 Å². The van der Waals surface area contributed by atoms with E-state index in [9.17, 15) is 9.59 Å². The van der Waals surface area contributed by atoms with Gasteiger partial charge in [0.15, 0.2) is 0 Å². The van der Waals surface area contributed by atoms with Gasteiger partial charge < -0.3 is 10.1 Å². The number of ether oxygens (including phenoxy) is 1. The van der Waals surface area contributed by atoms with Crippen LogP contribution in [-0.4, -0.2) is 29.5 Å². The van der Waals surface area contributed by atoms with Crippen LogP contribution in [0.4, 0.5) is 5.69 Å². The largest absolute Gasteiger partial charge is 0.462 e. The summed E-state index contributed by atoms with van der Waals surface area (Å²) in [4.78, 5) is 23.5. The highest BCUT2D eigenvalue weighted by Gasteiger charge is 2.17. The first-order chi connectivity index (χ1) is 10.6. The second-order valence-corrected chi connectivity index (χ2v) is 6.64. The Labute approximate surface area is 136 Å². The minimum Gasteiger partial charge on any atom is -0.462 e. The summed E-state index contributed by atoms with van der Waals surface area (Å²) in [5, 5.41) is 2.81. The molecule has 0 saturated heterocycles. The quantitative estimate of drug-likeness (QED) is 0.814. The zero-order valence-electron chi connectivity index (χ0n) is 13.0. The van der Waals surface area contributed by atoms with Gasteiger partial charge in [0.2, 0.25) is 5.91 Å². The van der Waals surface area contributed by atoms with E-state index >= 15 is 0 Å². The summed E-state index contributed by atoms with van der Waals surface area (Å²) in [6.45, 7) is 2.00. The first-order valence-electron chi connectivity index (χ1n) is 7.77. The lowest BCUT2D eigenvalue weighted by Gasteiger charge is -2.21. The van der Waals surface area contributed by atoms with Gasteiger partial charge in [0.05, 0.1) is 11.5 Å². The number of thioether (sulfide) groups is 1. The number of hydrogen-bond donors (Lipinski definition) is 1. The van der Waals surface area contributed by atoms with Crippen molar-refractivity contribution in [3.63, 3.8) is 0 Å². The van der Waals surface area contributed by atoms with Crippen LogP contribution in [0.2, 0.25) is 0 Å². The third-order valence-corrected chi connectivity index (χ3v) is 4.54. The number of rotatable bonds is 6. The highest BCUT2D eigenvalue weighted by molar-refractivity contribution is 8.00. The predicted octanol–water partition coefficient (Wildman–Crippen LogP) is 3.54. The molecule has 1 aliphatic rings. The van der Waals surface area contributed by atoms with Gasteiger partial charge in [-0.05, 0) is 44.7 Å². The third kappa shape index (κ3) is 6.10. The summed E-state index contributed by atoms with van der Waals surface area (Å²) in [5.41, 5.74) is 1.93. The number of nitrogens with one attached hydrogen (secondary N) is 1. The molecule has 1 aromatic carbocycles. The molecule has 0 unspecified atom stereocenters. The van der Waals surface area contributed by atoms with Crippen LogP contribution in [0.25, 0.3) is 0 Å². The molecular formula is C17H23NO3S. The monoisotopic (exact) mass is 321 g/mol. The van der Waals surface area contributed by atoms with Crippen LogP contribution in [0.3, 0.4) is 0 Å². The third-order valence-electron chi connectivity index (χ3n) is 3.64. The van der Waals surface area contributed by atoms with Gasteiger partial charge in [-0.2, -0.15) is 0 Å². The standard InChI is InChI=1S/C17H23NO3S/c1-13-7-9-14(10-8-13)18-16(19)11-22-12-17(20)21-15-5-3-2-4-6-15/h7-10,15H,2-6,11-12H2,1H3,(H,18,19). The highest BCUT2D eigenvalue weighted by Crippen LogP contribution is 2.20. The number of aryl methyl sites for hydroxylation is 1. The van der Waals surface area contributed by atoms with Crippen LogP contribution in [0.5, 0.6) is 0 Å². The second-order valence-electron chi connectivity index (χ2n) is 5.66. The van der Waals surface area contributed by atoms with E-state index in [2.05, 4.69) is 5.32 Å². The van der Waals surface area contributed by atoms with Gasteiger partial charge in [-0.25, -0.2) is 0 Å². The normalized spacial score (nSPS) is 15.3. The molecule has 1 amide bonds. The highest BCUT2D eigenvalue weighted by atomic mass is 32.2. The molecule has 0 bridgehead atoms. The van der Waals surface area contributed by atoms with E-state index in [1.165, 1.54) is 18.2 Å². The minimum absolute atomic E-state index is 0.0863. The topological polar surface area (TPSA) is 55.4 Å². The van der Waals surface area contributed by atoms with Crippen molar-refractivity contribution in [2.45, 2.75) is 45.1 Å². The number of anilines is 1. The summed E-state index contributed by atoms with van der Waals surface area (Å²) in [6.07, 6.45) is 5.56. The fourth-order valence-corrected chi connectivity index (χ4v) is 3.06. The molecule has 0 aromatic heterocycles. The van der Waals surface area contributed by atoms with Gasteiger partial charge in [0.1, 0.15) is 6.10 Å². The average Bonchev–Trinajstić information content (AvgIpc) is 2.50. The molecule has 1 saturated carbocycles. The van der Waals surface area contributed by atoms with Gasteiger partial charge in [0.25, 0.3) is 0 Å². The number of benzene rings is 1. The Kier molecular flexibility index (Phi) is 6.77. The predicted molar refractivity (Wildman–Crippen MR) is 90.1 cm³/mol. The van der Waals surface area contributed by atoms with Crippen molar-refractivity contribution in [3.05, 3.63) is 29.8 Å². The van der Waals surface area contributed by atoms with E-state index in [0.29, 0.717) is 0 Å². The molecule has 5 heteroatoms. The molecule has 0 radical (unpaired) electrons. The molecule has 1 N–H and O–H groups in total. The van der Waals surface area contributed by atoms with E-state index in [1.54, 1.807) is 0 Å². The first kappa shape index (κ1) is 16.9. The van der Waals surface area contributed by atoms with Gasteiger partial charge in [-0.3, -0.25) is 9.59 Å². The summed E-state index contributed by atoms with van der Waals surface area (Å²) in [7, 11) is 0. The molecule has 22 heavy (non-hydrogen) atoms. The van der Waals surface area contributed by atoms with Crippen molar-refractivity contribution < 1.29 is 14.3 Å². The second kappa shape index (κ2) is 8.83. The Balaban J connectivity index is 1.61. The van der Waals surface area contributed by atoms with Gasteiger partial charge in [-0.15, -0.1) is 11.8 Å². The van der Waals surface area contributed by atoms with E-state index in [0.717, 1.165) is 36.9 Å². The number of hydrogen-bond acceptors (Lipinski definition) is 4. The lowest BCUT2D eigenvalue weighted by atomic mass is 9.98. The molecule has 0 spiro atoms. The molecule has 1 fully saturated rings. The van der Waals surface area contributed by atoms with Crippen LogP contribution < -0.4 is 5.32 Å². The van der Waals surface area contributed by atoms with Crippen molar-refractivity contribution in [2.75, 3.05) is 16.8 Å². The van der Waals surface area contributed by atoms with Crippen molar-refractivity contribution in [1.29, 1.82) is 0 Å². The van der Waals surface area contributed by atoms with E-state index in [-0.39, 0.29) is 29.5 Å². The zero-order chi connectivity index (χ0) is 15.8. The fraction of sp³-hybridized carbons (Fsp3) is 0.529. The first-order valence-corrected chi connectivity index (χ1v) is 8.93. The summed E-state index contributed by atoms with van der Waals surface area (Å²) in [5.74, 6) is 0.185. The van der Waals surface area contributed by atoms with Crippen molar-refractivity contribution in [1.82, 2.24) is 0 Å². The molecular weight excluding hydrogens is 298 g/mol. The van der Waals surface area contributed by atoms with Crippen LogP contribution >= 0.6 is 11.8 Å². The van der Waals surface area contributed by atoms with E-state index in [4.69, 9.17) is 4.74 Å². The number of amides is 1. The molecule has 2 rings (SSSR count). The Bertz CT molecular complexity index is 495. The lowest BCUT2D eigenvalue weighted by Crippen LogP contribution is -2.22. The number of carbonyl (C=O) groups is 2. The lowest BCUT2D eigenvalue weighted by molar-refractivity contribution is -0.147. The Morgan fingerprint density at radius 2 is 1.82 bits per heavy atom. The number of carbonyl (C=O) groups excluding carboxylic acids is 2. The molecule has 0 heterocycles. The molecule has 0 aliphatic heterocycles. The summed E-state index contributed by atoms with van der Waals surface area (Å²) < 4.78 is 5.41. The SMILES string of the molecule is Cc1ccc(NC(=O)CSCC(=O)OC2CCCCC2)cc1. The van der Waals surface area contributed by atoms with Crippen molar-refractivity contribution in [2.24, 2.45) is 0 Å². The molecule has 120 valence electrons. The van der Waals surface area contributed by atoms with Crippen LogP contribution in [0.15, 0.2) is 24.3 Å². The molecule has 1 aliphatic carbocycles. The number of esters is 1. The van der Waals surface area contributed by atoms with Gasteiger partial charge >= 0.3 is 5.97 Å². The maximum Gasteiger partial charge on any atom is 0.316 e.